The zero-order chi connectivity index (χ0) is 10.2. The summed E-state index contributed by atoms with van der Waals surface area (Å²) in [6, 6.07) is 3.01. The van der Waals surface area contributed by atoms with Crippen molar-refractivity contribution in [1.29, 1.82) is 0 Å². The molecule has 2 rings (SSSR count). The minimum absolute atomic E-state index is 0.161. The number of pyridine rings is 1. The number of sulfonamides is 1. The number of rotatable bonds is 2. The molecule has 14 heavy (non-hydrogen) atoms. The lowest BCUT2D eigenvalue weighted by molar-refractivity contribution is 0.410. The Balaban J connectivity index is 2.36. The van der Waals surface area contributed by atoms with E-state index in [9.17, 15) is 8.42 Å². The van der Waals surface area contributed by atoms with Gasteiger partial charge in [-0.05, 0) is 25.0 Å². The van der Waals surface area contributed by atoms with Crippen LogP contribution in [0.25, 0.3) is 0 Å². The van der Waals surface area contributed by atoms with Crippen LogP contribution in [0.1, 0.15) is 30.9 Å². The maximum absolute atomic E-state index is 11.1. The van der Waals surface area contributed by atoms with E-state index in [4.69, 9.17) is 5.14 Å². The summed E-state index contributed by atoms with van der Waals surface area (Å²) in [6.45, 7) is 0. The van der Waals surface area contributed by atoms with Crippen molar-refractivity contribution in [1.82, 2.24) is 4.98 Å². The van der Waals surface area contributed by atoms with Crippen molar-refractivity contribution in [2.45, 2.75) is 30.1 Å². The van der Waals surface area contributed by atoms with E-state index in [2.05, 4.69) is 4.98 Å². The molecule has 1 aromatic heterocycles. The van der Waals surface area contributed by atoms with Crippen molar-refractivity contribution in [3.05, 3.63) is 24.0 Å². The minimum Gasteiger partial charge on any atom is -0.261 e. The van der Waals surface area contributed by atoms with E-state index in [1.165, 1.54) is 18.7 Å². The van der Waals surface area contributed by atoms with E-state index in [1.54, 1.807) is 6.07 Å². The molecule has 1 aliphatic carbocycles. The van der Waals surface area contributed by atoms with E-state index in [-0.39, 0.29) is 4.90 Å². The number of hydrogen-bond acceptors (Lipinski definition) is 3. The van der Waals surface area contributed by atoms with Gasteiger partial charge in [-0.1, -0.05) is 6.42 Å². The third-order valence-electron chi connectivity index (χ3n) is 2.60. The molecule has 1 saturated carbocycles. The number of hydrogen-bond donors (Lipinski definition) is 1. The van der Waals surface area contributed by atoms with Gasteiger partial charge in [-0.15, -0.1) is 0 Å². The molecule has 1 aliphatic rings. The summed E-state index contributed by atoms with van der Waals surface area (Å²) in [5.41, 5.74) is 0.850. The first-order valence-electron chi connectivity index (χ1n) is 4.56. The van der Waals surface area contributed by atoms with Gasteiger partial charge in [0.05, 0.1) is 4.90 Å². The Labute approximate surface area is 83.2 Å². The third-order valence-corrected chi connectivity index (χ3v) is 3.52. The summed E-state index contributed by atoms with van der Waals surface area (Å²) < 4.78 is 22.1. The second kappa shape index (κ2) is 3.33. The predicted molar refractivity (Wildman–Crippen MR) is 52.2 cm³/mol. The highest BCUT2D eigenvalue weighted by atomic mass is 32.2. The van der Waals surface area contributed by atoms with Crippen LogP contribution in [0.15, 0.2) is 23.2 Å². The number of primary sulfonamides is 1. The van der Waals surface area contributed by atoms with Crippen molar-refractivity contribution in [2.24, 2.45) is 5.14 Å². The SMILES string of the molecule is NS(=O)(=O)c1ccnc(C2CCC2)c1. The Morgan fingerprint density at radius 2 is 2.14 bits per heavy atom. The summed E-state index contributed by atoms with van der Waals surface area (Å²) >= 11 is 0. The maximum Gasteiger partial charge on any atom is 0.238 e. The molecule has 76 valence electrons. The zero-order valence-electron chi connectivity index (χ0n) is 7.68. The molecule has 0 unspecified atom stereocenters. The third kappa shape index (κ3) is 1.78. The largest absolute Gasteiger partial charge is 0.261 e. The lowest BCUT2D eigenvalue weighted by Gasteiger charge is -2.24. The molecular formula is C9H12N2O2S. The quantitative estimate of drug-likeness (QED) is 0.794. The van der Waals surface area contributed by atoms with Crippen molar-refractivity contribution < 1.29 is 8.42 Å². The first-order chi connectivity index (χ1) is 6.57. The van der Waals surface area contributed by atoms with Gasteiger partial charge in [0, 0.05) is 17.8 Å². The second-order valence-electron chi connectivity index (χ2n) is 3.59. The fraction of sp³-hybridized carbons (Fsp3) is 0.444. The smallest absolute Gasteiger partial charge is 0.238 e. The lowest BCUT2D eigenvalue weighted by atomic mass is 9.83. The Bertz CT molecular complexity index is 438. The number of nitrogens with zero attached hydrogens (tertiary/aromatic N) is 1. The molecular weight excluding hydrogens is 200 g/mol. The summed E-state index contributed by atoms with van der Waals surface area (Å²) in [6.07, 6.45) is 4.90. The number of aromatic nitrogens is 1. The van der Waals surface area contributed by atoms with Gasteiger partial charge in [0.25, 0.3) is 0 Å². The van der Waals surface area contributed by atoms with Crippen LogP contribution in [0.2, 0.25) is 0 Å². The molecule has 4 nitrogen and oxygen atoms in total. The summed E-state index contributed by atoms with van der Waals surface area (Å²) in [5, 5.41) is 5.03. The molecule has 0 aliphatic heterocycles. The molecule has 1 heterocycles. The Morgan fingerprint density at radius 1 is 1.43 bits per heavy atom. The van der Waals surface area contributed by atoms with Gasteiger partial charge in [0.1, 0.15) is 0 Å². The highest BCUT2D eigenvalue weighted by Gasteiger charge is 2.21. The lowest BCUT2D eigenvalue weighted by Crippen LogP contribution is -2.15. The van der Waals surface area contributed by atoms with Crippen molar-refractivity contribution in [3.63, 3.8) is 0 Å². The van der Waals surface area contributed by atoms with Crippen molar-refractivity contribution in [3.8, 4) is 0 Å². The maximum atomic E-state index is 11.1. The molecule has 0 saturated heterocycles. The van der Waals surface area contributed by atoms with Crippen LogP contribution in [-0.2, 0) is 10.0 Å². The number of nitrogens with two attached hydrogens (primary N) is 1. The second-order valence-corrected chi connectivity index (χ2v) is 5.15. The van der Waals surface area contributed by atoms with Gasteiger partial charge in [-0.3, -0.25) is 4.98 Å². The van der Waals surface area contributed by atoms with Gasteiger partial charge in [-0.2, -0.15) is 0 Å². The molecule has 0 spiro atoms. The van der Waals surface area contributed by atoms with E-state index in [0.29, 0.717) is 5.92 Å². The molecule has 5 heteroatoms. The fourth-order valence-corrected chi connectivity index (χ4v) is 2.07. The van der Waals surface area contributed by atoms with Gasteiger partial charge >= 0.3 is 0 Å². The normalized spacial score (nSPS) is 17.8. The summed E-state index contributed by atoms with van der Waals surface area (Å²) in [5.74, 6) is 0.427. The van der Waals surface area contributed by atoms with E-state index >= 15 is 0 Å². The molecule has 1 fully saturated rings. The molecule has 1 aromatic rings. The van der Waals surface area contributed by atoms with Crippen LogP contribution in [0.4, 0.5) is 0 Å². The molecule has 0 bridgehead atoms. The van der Waals surface area contributed by atoms with Gasteiger partial charge in [0.15, 0.2) is 0 Å². The van der Waals surface area contributed by atoms with E-state index < -0.39 is 10.0 Å². The first-order valence-corrected chi connectivity index (χ1v) is 6.11. The van der Waals surface area contributed by atoms with Crippen LogP contribution in [0, 0.1) is 0 Å². The highest BCUT2D eigenvalue weighted by molar-refractivity contribution is 7.89. The Kier molecular flexibility index (Phi) is 2.28. The molecule has 0 amide bonds. The van der Waals surface area contributed by atoms with Crippen LogP contribution in [-0.4, -0.2) is 13.4 Å². The molecule has 2 N–H and O–H groups in total. The van der Waals surface area contributed by atoms with Crippen molar-refractivity contribution in [2.75, 3.05) is 0 Å². The van der Waals surface area contributed by atoms with E-state index in [0.717, 1.165) is 18.5 Å². The zero-order valence-corrected chi connectivity index (χ0v) is 8.50. The summed E-state index contributed by atoms with van der Waals surface area (Å²) in [4.78, 5) is 4.32. The topological polar surface area (TPSA) is 73.1 Å². The monoisotopic (exact) mass is 212 g/mol. The highest BCUT2D eigenvalue weighted by Crippen LogP contribution is 2.35. The predicted octanol–water partition coefficient (Wildman–Crippen LogP) is 0.996. The molecule has 0 atom stereocenters. The van der Waals surface area contributed by atoms with Gasteiger partial charge in [-0.25, -0.2) is 13.6 Å². The standard InChI is InChI=1S/C9H12N2O2S/c10-14(12,13)8-4-5-11-9(6-8)7-2-1-3-7/h4-7H,1-3H2,(H2,10,12,13). The van der Waals surface area contributed by atoms with Crippen LogP contribution < -0.4 is 5.14 Å². The van der Waals surface area contributed by atoms with E-state index in [1.807, 2.05) is 0 Å². The van der Waals surface area contributed by atoms with Crippen LogP contribution in [0.3, 0.4) is 0 Å². The minimum atomic E-state index is -3.58. The van der Waals surface area contributed by atoms with Crippen LogP contribution in [0.5, 0.6) is 0 Å². The molecule has 0 aromatic carbocycles. The Morgan fingerprint density at radius 3 is 2.64 bits per heavy atom. The van der Waals surface area contributed by atoms with Crippen LogP contribution >= 0.6 is 0 Å². The van der Waals surface area contributed by atoms with Gasteiger partial charge < -0.3 is 0 Å². The average Bonchev–Trinajstić information content (AvgIpc) is 2.00. The summed E-state index contributed by atoms with van der Waals surface area (Å²) in [7, 11) is -3.58. The van der Waals surface area contributed by atoms with Gasteiger partial charge in [0.2, 0.25) is 10.0 Å². The van der Waals surface area contributed by atoms with Crippen molar-refractivity contribution >= 4 is 10.0 Å². The fourth-order valence-electron chi connectivity index (χ4n) is 1.53. The Hall–Kier alpha value is -0.940. The average molecular weight is 212 g/mol. The molecule has 0 radical (unpaired) electrons. The first kappa shape index (κ1) is 9.61.